The van der Waals surface area contributed by atoms with E-state index in [2.05, 4.69) is 29.7 Å². The number of fused-ring (bicyclic) bond motifs is 1. The van der Waals surface area contributed by atoms with Gasteiger partial charge in [-0.3, -0.25) is 4.68 Å². The van der Waals surface area contributed by atoms with Gasteiger partial charge in [-0.05, 0) is 18.9 Å². The normalized spacial score (nSPS) is 16.6. The topological polar surface area (TPSA) is 98.3 Å². The third-order valence-electron chi connectivity index (χ3n) is 4.09. The third-order valence-corrected chi connectivity index (χ3v) is 4.09. The molecule has 0 aliphatic heterocycles. The number of nitrogen functional groups attached to an aromatic ring is 1. The van der Waals surface area contributed by atoms with Crippen molar-refractivity contribution < 1.29 is 0 Å². The maximum atomic E-state index is 5.60. The van der Waals surface area contributed by atoms with Gasteiger partial charge in [-0.25, -0.2) is 9.97 Å². The van der Waals surface area contributed by atoms with Crippen LogP contribution in [0.1, 0.15) is 38.1 Å². The summed E-state index contributed by atoms with van der Waals surface area (Å²) >= 11 is 0. The highest BCUT2D eigenvalue weighted by Crippen LogP contribution is 2.31. The van der Waals surface area contributed by atoms with E-state index in [0.29, 0.717) is 11.7 Å². The minimum Gasteiger partial charge on any atom is -0.368 e. The lowest BCUT2D eigenvalue weighted by Crippen LogP contribution is -2.15. The summed E-state index contributed by atoms with van der Waals surface area (Å²) < 4.78 is 2.09. The Bertz CT molecular complexity index is 767. The fraction of sp³-hybridized carbons (Fsp3) is 0.429. The van der Waals surface area contributed by atoms with E-state index < -0.39 is 0 Å². The van der Waals surface area contributed by atoms with Gasteiger partial charge in [-0.2, -0.15) is 10.1 Å². The average Bonchev–Trinajstić information content (AvgIpc) is 3.13. The second-order valence-corrected chi connectivity index (χ2v) is 5.50. The summed E-state index contributed by atoms with van der Waals surface area (Å²) in [4.78, 5) is 15.9. The van der Waals surface area contributed by atoms with Gasteiger partial charge in [-0.15, -0.1) is 0 Å². The molecule has 108 valence electrons. The van der Waals surface area contributed by atoms with E-state index >= 15 is 0 Å². The number of H-pyrrole nitrogens is 1. The number of nitrogens with two attached hydrogens (primary N) is 1. The lowest BCUT2D eigenvalue weighted by molar-refractivity contribution is 0.332. The van der Waals surface area contributed by atoms with Crippen LogP contribution in [0.2, 0.25) is 0 Å². The first kappa shape index (κ1) is 12.3. The molecule has 3 aromatic rings. The molecule has 3 heterocycles. The van der Waals surface area contributed by atoms with Gasteiger partial charge in [0.2, 0.25) is 5.95 Å². The van der Waals surface area contributed by atoms with Crippen LogP contribution in [-0.4, -0.2) is 29.7 Å². The summed E-state index contributed by atoms with van der Waals surface area (Å²) in [5.41, 5.74) is 7.98. The number of nitrogens with zero attached hydrogens (tertiary/aromatic N) is 5. The van der Waals surface area contributed by atoms with Crippen molar-refractivity contribution in [3.8, 4) is 11.5 Å². The van der Waals surface area contributed by atoms with Crippen LogP contribution < -0.4 is 5.73 Å². The SMILES string of the molecule is Nc1ncc2[nH]c(-c3ccnn3C3CCCCC3)nc2n1. The van der Waals surface area contributed by atoms with Gasteiger partial charge in [0, 0.05) is 6.20 Å². The zero-order valence-electron chi connectivity index (χ0n) is 11.7. The maximum Gasteiger partial charge on any atom is 0.222 e. The molecule has 0 spiro atoms. The number of anilines is 1. The average molecular weight is 283 g/mol. The standard InChI is InChI=1S/C14H17N7/c15-14-16-8-10-12(20-14)19-13(18-10)11-6-7-17-21(11)9-4-2-1-3-5-9/h6-9H,1-5H2,(H3,15,16,18,19,20). The predicted molar refractivity (Wildman–Crippen MR) is 79.4 cm³/mol. The molecule has 21 heavy (non-hydrogen) atoms. The molecular weight excluding hydrogens is 266 g/mol. The highest BCUT2D eigenvalue weighted by atomic mass is 15.3. The summed E-state index contributed by atoms with van der Waals surface area (Å²) in [7, 11) is 0. The van der Waals surface area contributed by atoms with E-state index in [1.54, 1.807) is 6.20 Å². The molecule has 0 amide bonds. The van der Waals surface area contributed by atoms with Crippen molar-refractivity contribution in [1.82, 2.24) is 29.7 Å². The summed E-state index contributed by atoms with van der Waals surface area (Å²) in [6, 6.07) is 2.46. The molecule has 0 aromatic carbocycles. The Labute approximate surface area is 121 Å². The molecule has 0 unspecified atom stereocenters. The Morgan fingerprint density at radius 1 is 1.19 bits per heavy atom. The van der Waals surface area contributed by atoms with Crippen LogP contribution in [0.3, 0.4) is 0 Å². The van der Waals surface area contributed by atoms with Crippen molar-refractivity contribution in [1.29, 1.82) is 0 Å². The van der Waals surface area contributed by atoms with E-state index in [-0.39, 0.29) is 5.95 Å². The Morgan fingerprint density at radius 2 is 2.05 bits per heavy atom. The third kappa shape index (κ3) is 2.14. The van der Waals surface area contributed by atoms with Crippen LogP contribution in [0.5, 0.6) is 0 Å². The van der Waals surface area contributed by atoms with Gasteiger partial charge < -0.3 is 10.7 Å². The van der Waals surface area contributed by atoms with Crippen molar-refractivity contribution >= 4 is 17.1 Å². The first-order chi connectivity index (χ1) is 10.3. The second kappa shape index (κ2) is 4.83. The highest BCUT2D eigenvalue weighted by Gasteiger charge is 2.20. The Hall–Kier alpha value is -2.44. The van der Waals surface area contributed by atoms with Crippen LogP contribution in [0.15, 0.2) is 18.5 Å². The quantitative estimate of drug-likeness (QED) is 0.752. The van der Waals surface area contributed by atoms with E-state index in [4.69, 9.17) is 5.73 Å². The minimum absolute atomic E-state index is 0.237. The van der Waals surface area contributed by atoms with Gasteiger partial charge in [0.15, 0.2) is 11.5 Å². The summed E-state index contributed by atoms with van der Waals surface area (Å²) in [5.74, 6) is 1.01. The van der Waals surface area contributed by atoms with E-state index in [1.165, 1.54) is 32.1 Å². The van der Waals surface area contributed by atoms with Gasteiger partial charge >= 0.3 is 0 Å². The number of imidazole rings is 1. The molecule has 1 aliphatic rings. The Morgan fingerprint density at radius 3 is 2.90 bits per heavy atom. The molecule has 4 rings (SSSR count). The smallest absolute Gasteiger partial charge is 0.222 e. The van der Waals surface area contributed by atoms with E-state index in [1.807, 2.05) is 12.3 Å². The van der Waals surface area contributed by atoms with Gasteiger partial charge in [-0.1, -0.05) is 19.3 Å². The summed E-state index contributed by atoms with van der Waals surface area (Å²) in [6.45, 7) is 0. The van der Waals surface area contributed by atoms with Crippen LogP contribution in [-0.2, 0) is 0 Å². The Balaban J connectivity index is 1.76. The van der Waals surface area contributed by atoms with Crippen LogP contribution >= 0.6 is 0 Å². The zero-order chi connectivity index (χ0) is 14.2. The number of hydrogen-bond acceptors (Lipinski definition) is 5. The molecule has 0 saturated heterocycles. The molecule has 0 atom stereocenters. The number of rotatable bonds is 2. The largest absolute Gasteiger partial charge is 0.368 e. The highest BCUT2D eigenvalue weighted by molar-refractivity contribution is 5.75. The molecule has 0 radical (unpaired) electrons. The fourth-order valence-electron chi connectivity index (χ4n) is 3.06. The van der Waals surface area contributed by atoms with Crippen LogP contribution in [0.25, 0.3) is 22.7 Å². The molecule has 1 fully saturated rings. The van der Waals surface area contributed by atoms with Gasteiger partial charge in [0.25, 0.3) is 0 Å². The molecule has 7 heteroatoms. The predicted octanol–water partition coefficient (Wildman–Crippen LogP) is 2.30. The lowest BCUT2D eigenvalue weighted by atomic mass is 9.95. The first-order valence-corrected chi connectivity index (χ1v) is 7.33. The zero-order valence-corrected chi connectivity index (χ0v) is 11.7. The van der Waals surface area contributed by atoms with Crippen molar-refractivity contribution in [2.45, 2.75) is 38.1 Å². The molecule has 3 N–H and O–H groups in total. The van der Waals surface area contributed by atoms with Gasteiger partial charge in [0.1, 0.15) is 11.2 Å². The maximum absolute atomic E-state index is 5.60. The van der Waals surface area contributed by atoms with E-state index in [9.17, 15) is 0 Å². The number of aromatic amines is 1. The molecule has 1 saturated carbocycles. The molecular formula is C14H17N7. The second-order valence-electron chi connectivity index (χ2n) is 5.50. The summed E-state index contributed by atoms with van der Waals surface area (Å²) in [6.07, 6.45) is 9.72. The number of nitrogens with one attached hydrogen (secondary N) is 1. The van der Waals surface area contributed by atoms with Crippen molar-refractivity contribution in [2.24, 2.45) is 0 Å². The minimum atomic E-state index is 0.237. The Kier molecular flexibility index (Phi) is 2.83. The first-order valence-electron chi connectivity index (χ1n) is 7.33. The summed E-state index contributed by atoms with van der Waals surface area (Å²) in [5, 5.41) is 4.50. The fourth-order valence-corrected chi connectivity index (χ4v) is 3.06. The van der Waals surface area contributed by atoms with Crippen molar-refractivity contribution in [3.05, 3.63) is 18.5 Å². The van der Waals surface area contributed by atoms with Gasteiger partial charge in [0.05, 0.1) is 12.2 Å². The molecule has 3 aromatic heterocycles. The van der Waals surface area contributed by atoms with Crippen molar-refractivity contribution in [2.75, 3.05) is 5.73 Å². The number of aromatic nitrogens is 6. The van der Waals surface area contributed by atoms with Crippen molar-refractivity contribution in [3.63, 3.8) is 0 Å². The monoisotopic (exact) mass is 283 g/mol. The number of hydrogen-bond donors (Lipinski definition) is 2. The molecule has 1 aliphatic carbocycles. The lowest BCUT2D eigenvalue weighted by Gasteiger charge is -2.23. The van der Waals surface area contributed by atoms with Crippen LogP contribution in [0.4, 0.5) is 5.95 Å². The van der Waals surface area contributed by atoms with Crippen LogP contribution in [0, 0.1) is 0 Å². The molecule has 7 nitrogen and oxygen atoms in total. The molecule has 0 bridgehead atoms. The van der Waals surface area contributed by atoms with E-state index in [0.717, 1.165) is 17.0 Å².